The van der Waals surface area contributed by atoms with Crippen molar-refractivity contribution in [1.29, 1.82) is 0 Å². The van der Waals surface area contributed by atoms with E-state index in [4.69, 9.17) is 4.74 Å². The molecule has 0 aromatic carbocycles. The first-order valence-electron chi connectivity index (χ1n) is 32.4. The summed E-state index contributed by atoms with van der Waals surface area (Å²) < 4.78 is 5.50. The van der Waals surface area contributed by atoms with Gasteiger partial charge in [0, 0.05) is 12.8 Å². The number of carbonyl (C=O) groups excluding carboxylic acids is 2. The topological polar surface area (TPSA) is 95.9 Å². The van der Waals surface area contributed by atoms with Gasteiger partial charge in [0.1, 0.15) is 0 Å². The maximum Gasteiger partial charge on any atom is 0.305 e. The Morgan fingerprint density at radius 2 is 0.662 bits per heavy atom. The third-order valence-corrected chi connectivity index (χ3v) is 15.3. The fourth-order valence-electron chi connectivity index (χ4n) is 10.3. The van der Waals surface area contributed by atoms with Crippen LogP contribution in [-0.4, -0.2) is 47.4 Å². The Labute approximate surface area is 444 Å². The molecule has 3 N–H and O–H groups in total. The van der Waals surface area contributed by atoms with Gasteiger partial charge in [0.2, 0.25) is 5.91 Å². The largest absolute Gasteiger partial charge is 0.466 e. The average Bonchev–Trinajstić information content (AvgIpc) is 3.37. The standard InChI is InChI=1S/C65H127NO5/c1-3-5-7-9-11-13-15-17-18-19-28-31-35-39-43-47-51-55-59-65(70)71-60-56-52-48-44-40-36-32-29-26-24-22-20-21-23-25-27-30-34-38-42-46-50-54-58-64(69)66-62(61-67)63(68)57-53-49-45-41-37-33-16-14-12-10-8-6-4-2/h23,25,62-63,67-68H,3-22,24,26-61H2,1-2H3,(H,66,69)/b25-23-. The molecular formula is C65H127NO5. The monoisotopic (exact) mass is 1000 g/mol. The molecule has 422 valence electrons. The zero-order valence-electron chi connectivity index (χ0n) is 48.2. The normalized spacial score (nSPS) is 12.6. The highest BCUT2D eigenvalue weighted by molar-refractivity contribution is 5.76. The second kappa shape index (κ2) is 61.1. The van der Waals surface area contributed by atoms with Crippen LogP contribution in [0.4, 0.5) is 0 Å². The first-order valence-corrected chi connectivity index (χ1v) is 32.4. The van der Waals surface area contributed by atoms with Crippen molar-refractivity contribution in [1.82, 2.24) is 5.32 Å². The van der Waals surface area contributed by atoms with Gasteiger partial charge in [-0.1, -0.05) is 315 Å². The van der Waals surface area contributed by atoms with Crippen LogP contribution in [0.15, 0.2) is 12.2 Å². The highest BCUT2D eigenvalue weighted by atomic mass is 16.5. The molecule has 0 saturated carbocycles. The van der Waals surface area contributed by atoms with E-state index in [1.165, 1.54) is 295 Å². The molecule has 0 saturated heterocycles. The third kappa shape index (κ3) is 57.7. The van der Waals surface area contributed by atoms with Crippen molar-refractivity contribution in [2.24, 2.45) is 0 Å². The zero-order chi connectivity index (χ0) is 51.4. The van der Waals surface area contributed by atoms with Gasteiger partial charge in [0.25, 0.3) is 0 Å². The summed E-state index contributed by atoms with van der Waals surface area (Å²) in [5.41, 5.74) is 0. The van der Waals surface area contributed by atoms with Crippen LogP contribution in [0.5, 0.6) is 0 Å². The van der Waals surface area contributed by atoms with Crippen LogP contribution in [0.1, 0.15) is 367 Å². The van der Waals surface area contributed by atoms with Crippen LogP contribution in [0.3, 0.4) is 0 Å². The summed E-state index contributed by atoms with van der Waals surface area (Å²) in [6.45, 7) is 4.98. The van der Waals surface area contributed by atoms with E-state index >= 15 is 0 Å². The van der Waals surface area contributed by atoms with Crippen LogP contribution < -0.4 is 5.32 Å². The number of allylic oxidation sites excluding steroid dienone is 2. The van der Waals surface area contributed by atoms with Gasteiger partial charge in [0.15, 0.2) is 0 Å². The lowest BCUT2D eigenvalue weighted by Crippen LogP contribution is -2.45. The van der Waals surface area contributed by atoms with Gasteiger partial charge in [-0.2, -0.15) is 0 Å². The SMILES string of the molecule is CCCCCCCCCCCCCCCCCCCCC(=O)OCCCCCCCCCCCCCC/C=C\CCCCCCCCCC(=O)NC(CO)C(O)CCCCCCCCCCCCCCC. The molecule has 0 spiro atoms. The van der Waals surface area contributed by atoms with Crippen molar-refractivity contribution in [2.45, 2.75) is 379 Å². The lowest BCUT2D eigenvalue weighted by Gasteiger charge is -2.22. The molecule has 0 fully saturated rings. The quantitative estimate of drug-likeness (QED) is 0.0320. The van der Waals surface area contributed by atoms with E-state index in [2.05, 4.69) is 31.3 Å². The molecular weight excluding hydrogens is 875 g/mol. The van der Waals surface area contributed by atoms with Gasteiger partial charge < -0.3 is 20.3 Å². The highest BCUT2D eigenvalue weighted by Crippen LogP contribution is 2.18. The lowest BCUT2D eigenvalue weighted by molar-refractivity contribution is -0.143. The molecule has 0 aliphatic heterocycles. The highest BCUT2D eigenvalue weighted by Gasteiger charge is 2.20. The molecule has 2 unspecified atom stereocenters. The molecule has 0 aliphatic carbocycles. The van der Waals surface area contributed by atoms with Gasteiger partial charge in [-0.25, -0.2) is 0 Å². The van der Waals surface area contributed by atoms with Crippen molar-refractivity contribution < 1.29 is 24.5 Å². The first-order chi connectivity index (χ1) is 35.0. The average molecular weight is 1000 g/mol. The number of aliphatic hydroxyl groups excluding tert-OH is 2. The maximum absolute atomic E-state index is 12.5. The molecule has 0 aromatic rings. The van der Waals surface area contributed by atoms with Crippen molar-refractivity contribution in [3.05, 3.63) is 12.2 Å². The van der Waals surface area contributed by atoms with E-state index in [0.717, 1.165) is 38.5 Å². The van der Waals surface area contributed by atoms with Gasteiger partial charge in [-0.3, -0.25) is 9.59 Å². The molecule has 2 atom stereocenters. The first kappa shape index (κ1) is 69.6. The molecule has 1 amide bonds. The van der Waals surface area contributed by atoms with Gasteiger partial charge in [-0.15, -0.1) is 0 Å². The number of aliphatic hydroxyl groups is 2. The lowest BCUT2D eigenvalue weighted by atomic mass is 10.0. The Balaban J connectivity index is 3.37. The summed E-state index contributed by atoms with van der Waals surface area (Å²) in [6.07, 6.45) is 73.8. The molecule has 0 rings (SSSR count). The Morgan fingerprint density at radius 3 is 1.00 bits per heavy atom. The minimum atomic E-state index is -0.667. The Bertz CT molecular complexity index is 1060. The Morgan fingerprint density at radius 1 is 0.380 bits per heavy atom. The molecule has 6 heteroatoms. The number of hydrogen-bond acceptors (Lipinski definition) is 5. The van der Waals surface area contributed by atoms with Gasteiger partial charge >= 0.3 is 5.97 Å². The molecule has 71 heavy (non-hydrogen) atoms. The minimum Gasteiger partial charge on any atom is -0.466 e. The van der Waals surface area contributed by atoms with E-state index in [0.29, 0.717) is 25.9 Å². The number of rotatable bonds is 61. The van der Waals surface area contributed by atoms with Crippen LogP contribution in [-0.2, 0) is 14.3 Å². The third-order valence-electron chi connectivity index (χ3n) is 15.3. The molecule has 0 heterocycles. The Hall–Kier alpha value is -1.40. The number of amides is 1. The second-order valence-corrected chi connectivity index (χ2v) is 22.5. The summed E-state index contributed by atoms with van der Waals surface area (Å²) in [5.74, 6) is -0.0228. The fourth-order valence-corrected chi connectivity index (χ4v) is 10.3. The number of nitrogens with one attached hydrogen (secondary N) is 1. The van der Waals surface area contributed by atoms with Gasteiger partial charge in [0.05, 0.1) is 25.4 Å². The van der Waals surface area contributed by atoms with Crippen molar-refractivity contribution in [2.75, 3.05) is 13.2 Å². The molecule has 0 radical (unpaired) electrons. The number of esters is 1. The van der Waals surface area contributed by atoms with Crippen LogP contribution >= 0.6 is 0 Å². The number of hydrogen-bond donors (Lipinski definition) is 3. The minimum absolute atomic E-state index is 0.0167. The van der Waals surface area contributed by atoms with E-state index < -0.39 is 12.1 Å². The number of ether oxygens (including phenoxy) is 1. The Kier molecular flexibility index (Phi) is 59.9. The summed E-state index contributed by atoms with van der Waals surface area (Å²) in [5, 5.41) is 23.2. The maximum atomic E-state index is 12.5. The summed E-state index contributed by atoms with van der Waals surface area (Å²) in [4.78, 5) is 24.6. The van der Waals surface area contributed by atoms with E-state index in [9.17, 15) is 19.8 Å². The predicted octanol–water partition coefficient (Wildman–Crippen LogP) is 20.4. The molecule has 0 aromatic heterocycles. The van der Waals surface area contributed by atoms with Crippen molar-refractivity contribution >= 4 is 11.9 Å². The number of unbranched alkanes of at least 4 members (excludes halogenated alkanes) is 48. The summed E-state index contributed by atoms with van der Waals surface area (Å²) >= 11 is 0. The van der Waals surface area contributed by atoms with Crippen LogP contribution in [0.2, 0.25) is 0 Å². The zero-order valence-corrected chi connectivity index (χ0v) is 48.2. The van der Waals surface area contributed by atoms with Gasteiger partial charge in [-0.05, 0) is 51.4 Å². The molecule has 0 aliphatic rings. The van der Waals surface area contributed by atoms with E-state index in [1.54, 1.807) is 0 Å². The van der Waals surface area contributed by atoms with Crippen molar-refractivity contribution in [3.63, 3.8) is 0 Å². The second-order valence-electron chi connectivity index (χ2n) is 22.5. The van der Waals surface area contributed by atoms with Crippen LogP contribution in [0, 0.1) is 0 Å². The van der Waals surface area contributed by atoms with Crippen LogP contribution in [0.25, 0.3) is 0 Å². The molecule has 0 bridgehead atoms. The summed E-state index contributed by atoms with van der Waals surface area (Å²) in [7, 11) is 0. The molecule has 6 nitrogen and oxygen atoms in total. The van der Waals surface area contributed by atoms with E-state index in [1.807, 2.05) is 0 Å². The summed E-state index contributed by atoms with van der Waals surface area (Å²) in [6, 6.07) is -0.544. The smallest absolute Gasteiger partial charge is 0.305 e. The van der Waals surface area contributed by atoms with Crippen molar-refractivity contribution in [3.8, 4) is 0 Å². The van der Waals surface area contributed by atoms with E-state index in [-0.39, 0.29) is 18.5 Å². The fraction of sp³-hybridized carbons (Fsp3) is 0.938. The predicted molar refractivity (Wildman–Crippen MR) is 310 cm³/mol. The number of carbonyl (C=O) groups is 2.